The van der Waals surface area contributed by atoms with Crippen LogP contribution in [0.15, 0.2) is 42.5 Å². The average Bonchev–Trinajstić information content (AvgIpc) is 2.68. The number of hydrogen-bond donors (Lipinski definition) is 2. The number of piperidine rings is 1. The SMILES string of the molecule is COC1(C(=O)Nc2ccc(OCc3cccc(F)c3)cc2C)CCNCC1. The van der Waals surface area contributed by atoms with Gasteiger partial charge in [0.2, 0.25) is 0 Å². The molecule has 5 nitrogen and oxygen atoms in total. The molecule has 2 aromatic rings. The molecule has 2 aromatic carbocycles. The van der Waals surface area contributed by atoms with Crippen LogP contribution < -0.4 is 15.4 Å². The summed E-state index contributed by atoms with van der Waals surface area (Å²) >= 11 is 0. The number of hydrogen-bond acceptors (Lipinski definition) is 4. The Labute approximate surface area is 158 Å². The quantitative estimate of drug-likeness (QED) is 0.816. The van der Waals surface area contributed by atoms with Crippen molar-refractivity contribution in [3.63, 3.8) is 0 Å². The Balaban J connectivity index is 1.64. The van der Waals surface area contributed by atoms with Crippen LogP contribution in [0.25, 0.3) is 0 Å². The minimum atomic E-state index is -0.787. The zero-order valence-electron chi connectivity index (χ0n) is 15.7. The lowest BCUT2D eigenvalue weighted by Gasteiger charge is -2.34. The molecule has 0 bridgehead atoms. The van der Waals surface area contributed by atoms with Gasteiger partial charge in [-0.05, 0) is 74.3 Å². The molecule has 6 heteroatoms. The van der Waals surface area contributed by atoms with E-state index in [1.165, 1.54) is 12.1 Å². The molecule has 0 saturated carbocycles. The lowest BCUT2D eigenvalue weighted by atomic mass is 9.91. The van der Waals surface area contributed by atoms with Gasteiger partial charge < -0.3 is 20.1 Å². The molecule has 1 heterocycles. The number of anilines is 1. The predicted octanol–water partition coefficient (Wildman–Crippen LogP) is 3.42. The summed E-state index contributed by atoms with van der Waals surface area (Å²) in [4.78, 5) is 12.8. The van der Waals surface area contributed by atoms with Crippen molar-refractivity contribution in [3.05, 3.63) is 59.4 Å². The molecule has 2 N–H and O–H groups in total. The maximum Gasteiger partial charge on any atom is 0.256 e. The van der Waals surface area contributed by atoms with Crippen LogP contribution in [-0.4, -0.2) is 31.7 Å². The number of carbonyl (C=O) groups is 1. The average molecular weight is 372 g/mol. The Kier molecular flexibility index (Phi) is 6.08. The summed E-state index contributed by atoms with van der Waals surface area (Å²) < 4.78 is 24.5. The summed E-state index contributed by atoms with van der Waals surface area (Å²) in [7, 11) is 1.58. The van der Waals surface area contributed by atoms with Crippen molar-refractivity contribution in [1.82, 2.24) is 5.32 Å². The molecule has 0 radical (unpaired) electrons. The van der Waals surface area contributed by atoms with E-state index in [1.54, 1.807) is 19.2 Å². The van der Waals surface area contributed by atoms with Crippen LogP contribution in [0.2, 0.25) is 0 Å². The van der Waals surface area contributed by atoms with Gasteiger partial charge in [0, 0.05) is 12.8 Å². The summed E-state index contributed by atoms with van der Waals surface area (Å²) in [5.41, 5.74) is 1.59. The zero-order valence-corrected chi connectivity index (χ0v) is 15.7. The number of carbonyl (C=O) groups excluding carboxylic acids is 1. The highest BCUT2D eigenvalue weighted by molar-refractivity contribution is 5.98. The molecule has 0 spiro atoms. The summed E-state index contributed by atoms with van der Waals surface area (Å²) in [5.74, 6) is 0.261. The van der Waals surface area contributed by atoms with Crippen LogP contribution in [0.3, 0.4) is 0 Å². The highest BCUT2D eigenvalue weighted by Gasteiger charge is 2.39. The van der Waals surface area contributed by atoms with Gasteiger partial charge in [-0.1, -0.05) is 12.1 Å². The van der Waals surface area contributed by atoms with Crippen LogP contribution in [-0.2, 0) is 16.1 Å². The Bertz CT molecular complexity index is 804. The first kappa shape index (κ1) is 19.3. The molecular formula is C21H25FN2O3. The first-order valence-corrected chi connectivity index (χ1v) is 9.08. The minimum absolute atomic E-state index is 0.122. The van der Waals surface area contributed by atoms with E-state index < -0.39 is 5.60 Å². The van der Waals surface area contributed by atoms with Gasteiger partial charge in [-0.2, -0.15) is 0 Å². The van der Waals surface area contributed by atoms with E-state index in [0.717, 1.165) is 29.9 Å². The van der Waals surface area contributed by atoms with Gasteiger partial charge in [-0.3, -0.25) is 4.79 Å². The Morgan fingerprint density at radius 2 is 2.00 bits per heavy atom. The van der Waals surface area contributed by atoms with E-state index in [2.05, 4.69) is 10.6 Å². The molecule has 0 aliphatic carbocycles. The molecule has 1 fully saturated rings. The van der Waals surface area contributed by atoms with Gasteiger partial charge in [0.15, 0.2) is 0 Å². The van der Waals surface area contributed by atoms with Crippen LogP contribution in [0, 0.1) is 12.7 Å². The fourth-order valence-corrected chi connectivity index (χ4v) is 3.25. The fraction of sp³-hybridized carbons (Fsp3) is 0.381. The number of aryl methyl sites for hydroxylation is 1. The van der Waals surface area contributed by atoms with Crippen molar-refractivity contribution in [1.29, 1.82) is 0 Å². The molecule has 1 saturated heterocycles. The highest BCUT2D eigenvalue weighted by Crippen LogP contribution is 2.27. The van der Waals surface area contributed by atoms with Crippen LogP contribution in [0.4, 0.5) is 10.1 Å². The molecule has 144 valence electrons. The summed E-state index contributed by atoms with van der Waals surface area (Å²) in [6, 6.07) is 11.8. The smallest absolute Gasteiger partial charge is 0.256 e. The molecule has 0 aromatic heterocycles. The maximum atomic E-state index is 13.2. The van der Waals surface area contributed by atoms with E-state index >= 15 is 0 Å². The first-order valence-electron chi connectivity index (χ1n) is 9.08. The highest BCUT2D eigenvalue weighted by atomic mass is 19.1. The maximum absolute atomic E-state index is 13.2. The van der Waals surface area contributed by atoms with Gasteiger partial charge in [0.1, 0.15) is 23.8 Å². The number of nitrogens with one attached hydrogen (secondary N) is 2. The second-order valence-electron chi connectivity index (χ2n) is 6.80. The predicted molar refractivity (Wildman–Crippen MR) is 102 cm³/mol. The van der Waals surface area contributed by atoms with Gasteiger partial charge in [-0.25, -0.2) is 4.39 Å². The number of ether oxygens (including phenoxy) is 2. The first-order chi connectivity index (χ1) is 13.0. The van der Waals surface area contributed by atoms with Crippen molar-refractivity contribution in [2.75, 3.05) is 25.5 Å². The second-order valence-corrected chi connectivity index (χ2v) is 6.80. The lowest BCUT2D eigenvalue weighted by Crippen LogP contribution is -2.51. The van der Waals surface area contributed by atoms with Crippen LogP contribution in [0.1, 0.15) is 24.0 Å². The van der Waals surface area contributed by atoms with E-state index in [0.29, 0.717) is 18.6 Å². The van der Waals surface area contributed by atoms with Gasteiger partial charge in [0.05, 0.1) is 0 Å². The third-order valence-electron chi connectivity index (χ3n) is 4.96. The van der Waals surface area contributed by atoms with Crippen LogP contribution in [0.5, 0.6) is 5.75 Å². The molecule has 1 aliphatic rings. The lowest BCUT2D eigenvalue weighted by molar-refractivity contribution is -0.140. The zero-order chi connectivity index (χ0) is 19.3. The number of halogens is 1. The minimum Gasteiger partial charge on any atom is -0.489 e. The monoisotopic (exact) mass is 372 g/mol. The molecule has 0 atom stereocenters. The number of amides is 1. The third-order valence-corrected chi connectivity index (χ3v) is 4.96. The third kappa shape index (κ3) is 4.64. The number of methoxy groups -OCH3 is 1. The molecule has 3 rings (SSSR count). The van der Waals surface area contributed by atoms with Crippen molar-refractivity contribution in [2.45, 2.75) is 32.0 Å². The molecular weight excluding hydrogens is 347 g/mol. The molecule has 1 aliphatic heterocycles. The molecule has 1 amide bonds. The molecule has 27 heavy (non-hydrogen) atoms. The van der Waals surface area contributed by atoms with Crippen molar-refractivity contribution < 1.29 is 18.7 Å². The molecule has 0 unspecified atom stereocenters. The number of benzene rings is 2. The number of rotatable bonds is 6. The van der Waals surface area contributed by atoms with Gasteiger partial charge >= 0.3 is 0 Å². The van der Waals surface area contributed by atoms with E-state index in [-0.39, 0.29) is 18.3 Å². The van der Waals surface area contributed by atoms with Crippen molar-refractivity contribution >= 4 is 11.6 Å². The Morgan fingerprint density at radius 3 is 2.67 bits per heavy atom. The van der Waals surface area contributed by atoms with E-state index in [4.69, 9.17) is 9.47 Å². The summed E-state index contributed by atoms with van der Waals surface area (Å²) in [5, 5.41) is 6.23. The van der Waals surface area contributed by atoms with E-state index in [9.17, 15) is 9.18 Å². The van der Waals surface area contributed by atoms with Gasteiger partial charge in [0.25, 0.3) is 5.91 Å². The fourth-order valence-electron chi connectivity index (χ4n) is 3.25. The van der Waals surface area contributed by atoms with Crippen LogP contribution >= 0.6 is 0 Å². The second kappa shape index (κ2) is 8.50. The van der Waals surface area contributed by atoms with Gasteiger partial charge in [-0.15, -0.1) is 0 Å². The summed E-state index contributed by atoms with van der Waals surface area (Å²) in [6.07, 6.45) is 1.28. The standard InChI is InChI=1S/C21H25FN2O3/c1-15-12-18(27-14-16-4-3-5-17(22)13-16)6-7-19(15)24-20(25)21(26-2)8-10-23-11-9-21/h3-7,12-13,23H,8-11,14H2,1-2H3,(H,24,25). The van der Waals surface area contributed by atoms with Crippen molar-refractivity contribution in [3.8, 4) is 5.75 Å². The van der Waals surface area contributed by atoms with E-state index in [1.807, 2.05) is 25.1 Å². The Morgan fingerprint density at radius 1 is 1.22 bits per heavy atom. The summed E-state index contributed by atoms with van der Waals surface area (Å²) in [6.45, 7) is 3.70. The topological polar surface area (TPSA) is 59.6 Å². The normalized spacial score (nSPS) is 16.0. The Hall–Kier alpha value is -2.44. The largest absolute Gasteiger partial charge is 0.489 e. The van der Waals surface area contributed by atoms with Crippen molar-refractivity contribution in [2.24, 2.45) is 0 Å².